The van der Waals surface area contributed by atoms with Crippen LogP contribution in [0.25, 0.3) is 0 Å². The van der Waals surface area contributed by atoms with Gasteiger partial charge >= 0.3 is 0 Å². The third-order valence-corrected chi connectivity index (χ3v) is 4.16. The number of hydrogen-bond acceptors (Lipinski definition) is 2. The van der Waals surface area contributed by atoms with E-state index in [4.69, 9.17) is 0 Å². The van der Waals surface area contributed by atoms with Gasteiger partial charge in [0, 0.05) is 8.04 Å². The van der Waals surface area contributed by atoms with Gasteiger partial charge in [-0.15, -0.1) is 0 Å². The van der Waals surface area contributed by atoms with Crippen LogP contribution >= 0.6 is 38.5 Å². The van der Waals surface area contributed by atoms with Gasteiger partial charge in [-0.05, 0) is 69.7 Å². The van der Waals surface area contributed by atoms with Gasteiger partial charge in [-0.1, -0.05) is 12.1 Å². The van der Waals surface area contributed by atoms with Crippen LogP contribution in [-0.2, 0) is 0 Å². The second-order valence-electron chi connectivity index (χ2n) is 3.70. The Balaban J connectivity index is 2.22. The Hall–Kier alpha value is -0.950. The first-order valence-electron chi connectivity index (χ1n) is 5.27. The Morgan fingerprint density at radius 1 is 1.28 bits per heavy atom. The monoisotopic (exact) mass is 416 g/mol. The first-order chi connectivity index (χ1) is 8.58. The van der Waals surface area contributed by atoms with Gasteiger partial charge in [-0.2, -0.15) is 0 Å². The van der Waals surface area contributed by atoms with Crippen molar-refractivity contribution in [2.75, 3.05) is 5.32 Å². The summed E-state index contributed by atoms with van der Waals surface area (Å²) in [6.07, 6.45) is 0. The highest BCUT2D eigenvalue weighted by Crippen LogP contribution is 2.18. The number of hydrogen-bond donors (Lipinski definition) is 1. The minimum Gasteiger partial charge on any atom is -0.307 e. The fourth-order valence-corrected chi connectivity index (χ4v) is 2.30. The van der Waals surface area contributed by atoms with Gasteiger partial charge in [0.25, 0.3) is 5.91 Å². The van der Waals surface area contributed by atoms with Crippen molar-refractivity contribution in [3.05, 3.63) is 55.7 Å². The molecule has 0 atom stereocenters. The second-order valence-corrected chi connectivity index (χ2v) is 5.71. The van der Waals surface area contributed by atoms with Gasteiger partial charge in [0.05, 0.1) is 11.3 Å². The average Bonchev–Trinajstić information content (AvgIpc) is 2.34. The molecule has 0 fully saturated rings. The van der Waals surface area contributed by atoms with Gasteiger partial charge in [-0.3, -0.25) is 4.79 Å². The van der Waals surface area contributed by atoms with Crippen LogP contribution in [0.4, 0.5) is 5.82 Å². The summed E-state index contributed by atoms with van der Waals surface area (Å²) < 4.78 is 1.84. The first-order valence-corrected chi connectivity index (χ1v) is 7.14. The predicted octanol–water partition coefficient (Wildman–Crippen LogP) is 4.01. The molecule has 0 saturated heterocycles. The molecule has 2 aromatic rings. The standard InChI is InChI=1S/C13H10BrIN2O/c1-8-10(14)6-7-12(16-8)17-13(18)9-4-2-3-5-11(9)15/h2-7H,1H3,(H,16,17,18). The Kier molecular flexibility index (Phi) is 4.34. The van der Waals surface area contributed by atoms with Crippen molar-refractivity contribution in [1.82, 2.24) is 4.98 Å². The molecule has 18 heavy (non-hydrogen) atoms. The van der Waals surface area contributed by atoms with E-state index in [9.17, 15) is 4.79 Å². The normalized spacial score (nSPS) is 10.2. The molecule has 5 heteroatoms. The lowest BCUT2D eigenvalue weighted by Crippen LogP contribution is -2.14. The van der Waals surface area contributed by atoms with Crippen LogP contribution < -0.4 is 5.32 Å². The molecule has 0 saturated carbocycles. The quantitative estimate of drug-likeness (QED) is 0.751. The summed E-state index contributed by atoms with van der Waals surface area (Å²) in [7, 11) is 0. The molecule has 1 N–H and O–H groups in total. The maximum Gasteiger partial charge on any atom is 0.257 e. The molecule has 0 unspecified atom stereocenters. The van der Waals surface area contributed by atoms with Crippen LogP contribution in [0.15, 0.2) is 40.9 Å². The van der Waals surface area contributed by atoms with Crippen molar-refractivity contribution < 1.29 is 4.79 Å². The number of carbonyl (C=O) groups excluding carboxylic acids is 1. The zero-order valence-corrected chi connectivity index (χ0v) is 13.3. The van der Waals surface area contributed by atoms with Crippen LogP contribution in [0.1, 0.15) is 16.1 Å². The molecule has 0 spiro atoms. The molecule has 1 heterocycles. The molecule has 1 aromatic carbocycles. The van der Waals surface area contributed by atoms with E-state index in [1.807, 2.05) is 31.2 Å². The topological polar surface area (TPSA) is 42.0 Å². The van der Waals surface area contributed by atoms with Gasteiger partial charge in [0.2, 0.25) is 0 Å². The van der Waals surface area contributed by atoms with Crippen LogP contribution in [0.2, 0.25) is 0 Å². The van der Waals surface area contributed by atoms with E-state index in [2.05, 4.69) is 48.8 Å². The van der Waals surface area contributed by atoms with Crippen molar-refractivity contribution in [3.63, 3.8) is 0 Å². The van der Waals surface area contributed by atoms with E-state index in [0.717, 1.165) is 13.7 Å². The highest BCUT2D eigenvalue weighted by molar-refractivity contribution is 14.1. The fraction of sp³-hybridized carbons (Fsp3) is 0.0769. The van der Waals surface area contributed by atoms with E-state index in [-0.39, 0.29) is 5.91 Å². The van der Waals surface area contributed by atoms with Crippen LogP contribution in [0.5, 0.6) is 0 Å². The number of halogens is 2. The van der Waals surface area contributed by atoms with Gasteiger partial charge in [0.1, 0.15) is 5.82 Å². The lowest BCUT2D eigenvalue weighted by Gasteiger charge is -2.07. The first kappa shape index (κ1) is 13.5. The summed E-state index contributed by atoms with van der Waals surface area (Å²) in [4.78, 5) is 16.4. The summed E-state index contributed by atoms with van der Waals surface area (Å²) in [5.74, 6) is 0.412. The lowest BCUT2D eigenvalue weighted by molar-refractivity contribution is 0.102. The summed E-state index contributed by atoms with van der Waals surface area (Å²) in [6.45, 7) is 1.88. The third kappa shape index (κ3) is 3.08. The van der Waals surface area contributed by atoms with E-state index in [1.165, 1.54) is 0 Å². The molecule has 0 radical (unpaired) electrons. The molecule has 2 rings (SSSR count). The summed E-state index contributed by atoms with van der Waals surface area (Å²) in [5.41, 5.74) is 1.50. The number of carbonyl (C=O) groups is 1. The Labute approximate surface area is 127 Å². The SMILES string of the molecule is Cc1nc(NC(=O)c2ccccc2I)ccc1Br. The van der Waals surface area contributed by atoms with Crippen LogP contribution in [-0.4, -0.2) is 10.9 Å². The highest BCUT2D eigenvalue weighted by atomic mass is 127. The minimum absolute atomic E-state index is 0.144. The molecule has 0 aliphatic carbocycles. The summed E-state index contributed by atoms with van der Waals surface area (Å²) in [6, 6.07) is 11.1. The van der Waals surface area contributed by atoms with Gasteiger partial charge in [-0.25, -0.2) is 4.98 Å². The maximum atomic E-state index is 12.1. The zero-order valence-electron chi connectivity index (χ0n) is 9.58. The molecule has 0 bridgehead atoms. The number of nitrogens with one attached hydrogen (secondary N) is 1. The molecule has 0 aliphatic heterocycles. The Morgan fingerprint density at radius 3 is 2.67 bits per heavy atom. The number of amides is 1. The fourth-order valence-electron chi connectivity index (χ4n) is 1.44. The van der Waals surface area contributed by atoms with E-state index < -0.39 is 0 Å². The molecule has 3 nitrogen and oxygen atoms in total. The number of rotatable bonds is 2. The number of anilines is 1. The van der Waals surface area contributed by atoms with E-state index >= 15 is 0 Å². The summed E-state index contributed by atoms with van der Waals surface area (Å²) in [5, 5.41) is 2.79. The largest absolute Gasteiger partial charge is 0.307 e. The van der Waals surface area contributed by atoms with Crippen molar-refractivity contribution in [1.29, 1.82) is 0 Å². The van der Waals surface area contributed by atoms with Crippen molar-refractivity contribution in [3.8, 4) is 0 Å². The van der Waals surface area contributed by atoms with E-state index in [1.54, 1.807) is 12.1 Å². The zero-order chi connectivity index (χ0) is 13.1. The third-order valence-electron chi connectivity index (χ3n) is 2.38. The molecule has 1 amide bonds. The maximum absolute atomic E-state index is 12.1. The number of benzene rings is 1. The average molecular weight is 417 g/mol. The Morgan fingerprint density at radius 2 is 2.00 bits per heavy atom. The van der Waals surface area contributed by atoms with Crippen molar-refractivity contribution in [2.45, 2.75) is 6.92 Å². The number of aryl methyl sites for hydroxylation is 1. The Bertz CT molecular complexity index is 601. The number of pyridine rings is 1. The molecule has 1 aromatic heterocycles. The predicted molar refractivity (Wildman–Crippen MR) is 83.8 cm³/mol. The van der Waals surface area contributed by atoms with Crippen LogP contribution in [0.3, 0.4) is 0 Å². The molecule has 0 aliphatic rings. The van der Waals surface area contributed by atoms with Crippen molar-refractivity contribution >= 4 is 50.2 Å². The molecular formula is C13H10BrIN2O. The van der Waals surface area contributed by atoms with Gasteiger partial charge in [0.15, 0.2) is 0 Å². The minimum atomic E-state index is -0.144. The summed E-state index contributed by atoms with van der Waals surface area (Å²) >= 11 is 5.52. The van der Waals surface area contributed by atoms with E-state index in [0.29, 0.717) is 11.4 Å². The number of aromatic nitrogens is 1. The number of nitrogens with zero attached hydrogens (tertiary/aromatic N) is 1. The molecular weight excluding hydrogens is 407 g/mol. The molecule has 92 valence electrons. The smallest absolute Gasteiger partial charge is 0.257 e. The highest BCUT2D eigenvalue weighted by Gasteiger charge is 2.10. The van der Waals surface area contributed by atoms with Crippen molar-refractivity contribution in [2.24, 2.45) is 0 Å². The lowest BCUT2D eigenvalue weighted by atomic mass is 10.2. The van der Waals surface area contributed by atoms with Crippen LogP contribution in [0, 0.1) is 10.5 Å². The van der Waals surface area contributed by atoms with Gasteiger partial charge < -0.3 is 5.32 Å². The second kappa shape index (κ2) is 5.79.